The number of benzene rings is 2. The molecule has 2 radical (unpaired) electrons. The number of nitrogens with zero attached hydrogens (tertiary/aromatic N) is 1. The van der Waals surface area contributed by atoms with Gasteiger partial charge in [-0.05, 0) is 48.7 Å². The maximum atomic E-state index is 5.67. The summed E-state index contributed by atoms with van der Waals surface area (Å²) in [5.74, 6) is 0.865. The van der Waals surface area contributed by atoms with Gasteiger partial charge in [0.05, 0.1) is 26.2 Å². The van der Waals surface area contributed by atoms with Crippen LogP contribution < -0.4 is 4.74 Å². The Balaban J connectivity index is 0.00000205. The molecule has 2 aliphatic rings. The summed E-state index contributed by atoms with van der Waals surface area (Å²) in [6.45, 7) is 2.86. The zero-order chi connectivity index (χ0) is 19.1. The topological polar surface area (TPSA) is 28.3 Å². The summed E-state index contributed by atoms with van der Waals surface area (Å²) in [4.78, 5) is 6.26. The van der Waals surface area contributed by atoms with Crippen molar-refractivity contribution in [3.05, 3.63) is 82.9 Å². The minimum atomic E-state index is 0. The Labute approximate surface area is 168 Å². The van der Waals surface area contributed by atoms with E-state index in [2.05, 4.69) is 77.1 Å². The van der Waals surface area contributed by atoms with Crippen LogP contribution in [0.5, 0.6) is 5.75 Å². The first-order chi connectivity index (χ1) is 13.8. The molecule has 28 heavy (non-hydrogen) atoms. The summed E-state index contributed by atoms with van der Waals surface area (Å²) < 4.78 is 5.67. The highest BCUT2D eigenvalue weighted by molar-refractivity contribution is 6.08. The summed E-state index contributed by atoms with van der Waals surface area (Å²) in [5, 5.41) is 1.34. The van der Waals surface area contributed by atoms with Crippen LogP contribution in [0, 0.1) is 0 Å². The Bertz CT molecular complexity index is 1080. The quantitative estimate of drug-likeness (QED) is 0.498. The third kappa shape index (κ3) is 2.76. The molecule has 0 bridgehead atoms. The van der Waals surface area contributed by atoms with Gasteiger partial charge in [-0.2, -0.15) is 0 Å². The van der Waals surface area contributed by atoms with E-state index in [1.54, 1.807) is 0 Å². The molecular weight excluding hydrogens is 343 g/mol. The fourth-order valence-corrected chi connectivity index (χ4v) is 4.51. The molecule has 3 nitrogen and oxygen atoms in total. The second kappa shape index (κ2) is 6.96. The maximum absolute atomic E-state index is 5.67. The van der Waals surface area contributed by atoms with Gasteiger partial charge in [0, 0.05) is 30.5 Å². The molecule has 1 aliphatic heterocycles. The molecule has 4 heteroatoms. The number of hydrogen-bond donors (Lipinski definition) is 1. The molecule has 1 aliphatic carbocycles. The molecule has 5 rings (SSSR count). The van der Waals surface area contributed by atoms with Crippen molar-refractivity contribution >= 4 is 18.7 Å². The lowest BCUT2D eigenvalue weighted by atomic mass is 9.87. The molecule has 0 unspecified atom stereocenters. The number of aromatic nitrogens is 1. The number of aromatic amines is 1. The molecular formula is C24H25BN2O. The molecule has 0 saturated heterocycles. The van der Waals surface area contributed by atoms with E-state index in [-0.39, 0.29) is 7.47 Å². The first-order valence-corrected chi connectivity index (χ1v) is 10.0. The smallest absolute Gasteiger partial charge is 0.119 e. The number of hydrogen-bond acceptors (Lipinski definition) is 2. The fraction of sp³-hybridized carbons (Fsp3) is 0.292. The Morgan fingerprint density at radius 1 is 1.21 bits per heavy atom. The lowest BCUT2D eigenvalue weighted by molar-refractivity contribution is 0.194. The summed E-state index contributed by atoms with van der Waals surface area (Å²) in [6.07, 6.45) is 4.67. The summed E-state index contributed by atoms with van der Waals surface area (Å²) in [7, 11) is 5.55. The number of H-pyrrole nitrogens is 1. The molecule has 0 saturated carbocycles. The lowest BCUT2D eigenvalue weighted by Gasteiger charge is -2.44. The molecule has 1 N–H and O–H groups in total. The van der Waals surface area contributed by atoms with Crippen LogP contribution >= 0.6 is 0 Å². The Hall–Kier alpha value is -2.84. The monoisotopic (exact) mass is 368 g/mol. The first kappa shape index (κ1) is 17.3. The van der Waals surface area contributed by atoms with Crippen molar-refractivity contribution in [2.75, 3.05) is 6.61 Å². The number of ether oxygens (including phenoxy) is 1. The van der Waals surface area contributed by atoms with Crippen LogP contribution in [-0.2, 0) is 6.42 Å². The van der Waals surface area contributed by atoms with E-state index in [0.29, 0.717) is 19.0 Å². The number of para-hydroxylation sites is 1. The maximum Gasteiger partial charge on any atom is 0.119 e. The summed E-state index contributed by atoms with van der Waals surface area (Å²) in [6, 6.07) is 17.7. The predicted octanol–water partition coefficient (Wildman–Crippen LogP) is 5.16. The summed E-state index contributed by atoms with van der Waals surface area (Å²) >= 11 is 0. The highest BCUT2D eigenvalue weighted by Crippen LogP contribution is 2.44. The van der Waals surface area contributed by atoms with Gasteiger partial charge >= 0.3 is 0 Å². The zero-order valence-electron chi connectivity index (χ0n) is 16.1. The lowest BCUT2D eigenvalue weighted by Crippen LogP contribution is -2.42. The van der Waals surface area contributed by atoms with Crippen molar-refractivity contribution in [1.29, 1.82) is 0 Å². The molecule has 2 aromatic carbocycles. The highest BCUT2D eigenvalue weighted by Gasteiger charge is 2.37. The predicted molar refractivity (Wildman–Crippen MR) is 116 cm³/mol. The van der Waals surface area contributed by atoms with E-state index in [9.17, 15) is 0 Å². The molecule has 1 aromatic heterocycles. The van der Waals surface area contributed by atoms with Gasteiger partial charge in [-0.1, -0.05) is 36.7 Å². The number of nitrogens with one attached hydrogen (secondary N) is 1. The second-order valence-corrected chi connectivity index (χ2v) is 7.63. The second-order valence-electron chi connectivity index (χ2n) is 7.63. The van der Waals surface area contributed by atoms with E-state index < -0.39 is 0 Å². The van der Waals surface area contributed by atoms with Crippen LogP contribution in [0.2, 0.25) is 6.32 Å². The van der Waals surface area contributed by atoms with Crippen molar-refractivity contribution in [2.24, 2.45) is 0 Å². The van der Waals surface area contributed by atoms with Crippen molar-refractivity contribution in [3.8, 4) is 5.75 Å². The van der Waals surface area contributed by atoms with Crippen molar-refractivity contribution in [2.45, 2.75) is 38.2 Å². The largest absolute Gasteiger partial charge is 0.494 e. The Kier molecular flexibility index (Phi) is 4.29. The van der Waals surface area contributed by atoms with Crippen LogP contribution in [-0.4, -0.2) is 30.4 Å². The molecule has 0 amide bonds. The molecule has 2 atom stereocenters. The van der Waals surface area contributed by atoms with Crippen LogP contribution in [0.1, 0.15) is 37.6 Å². The van der Waals surface area contributed by atoms with Gasteiger partial charge in [0.25, 0.3) is 0 Å². The van der Waals surface area contributed by atoms with Gasteiger partial charge in [0.1, 0.15) is 5.75 Å². The van der Waals surface area contributed by atoms with E-state index in [1.807, 2.05) is 0 Å². The standard InChI is InChI=1S/C24H23BN2O.H2/c1-16-15-21-20-7-2-3-8-22(20)26-23(21)24(27(16)18-5-4-6-18)17-9-11-19(12-10-17)28-14-13-25;/h2-4,7-12,16,24,26H,5,13-15H2,1H3;1H/t16-,24-;/m1./s1. The van der Waals surface area contributed by atoms with E-state index in [1.165, 1.54) is 33.4 Å². The molecule has 3 aromatic rings. The van der Waals surface area contributed by atoms with Gasteiger partial charge < -0.3 is 14.6 Å². The van der Waals surface area contributed by atoms with Gasteiger partial charge in [-0.15, -0.1) is 5.73 Å². The highest BCUT2D eigenvalue weighted by atomic mass is 16.5. The first-order valence-electron chi connectivity index (χ1n) is 10.0. The third-order valence-electron chi connectivity index (χ3n) is 5.83. The SMILES string of the molecule is [B]CCOc1ccc([C@@H]2c3[nH]c4ccccc4c3C[C@@H](C)N2C2=C=CC2)cc1.[HH]. The van der Waals surface area contributed by atoms with Crippen LogP contribution in [0.3, 0.4) is 0 Å². The van der Waals surface area contributed by atoms with Gasteiger partial charge in [-0.25, -0.2) is 0 Å². The zero-order valence-corrected chi connectivity index (χ0v) is 16.1. The van der Waals surface area contributed by atoms with E-state index in [0.717, 1.165) is 18.6 Å². The summed E-state index contributed by atoms with van der Waals surface area (Å²) in [5.41, 5.74) is 9.93. The van der Waals surface area contributed by atoms with E-state index >= 15 is 0 Å². The number of rotatable bonds is 5. The average Bonchev–Trinajstić information content (AvgIpc) is 3.04. The Morgan fingerprint density at radius 3 is 2.71 bits per heavy atom. The number of fused-ring (bicyclic) bond motifs is 3. The van der Waals surface area contributed by atoms with Gasteiger partial charge in [-0.3, -0.25) is 0 Å². The van der Waals surface area contributed by atoms with Crippen molar-refractivity contribution in [3.63, 3.8) is 0 Å². The normalized spacial score (nSPS) is 20.6. The van der Waals surface area contributed by atoms with Crippen molar-refractivity contribution in [1.82, 2.24) is 9.88 Å². The average molecular weight is 368 g/mol. The van der Waals surface area contributed by atoms with Crippen LogP contribution in [0.4, 0.5) is 0 Å². The van der Waals surface area contributed by atoms with Gasteiger partial charge in [0.15, 0.2) is 0 Å². The molecule has 0 spiro atoms. The molecule has 2 heterocycles. The van der Waals surface area contributed by atoms with Crippen molar-refractivity contribution < 1.29 is 6.16 Å². The minimum absolute atomic E-state index is 0. The van der Waals surface area contributed by atoms with Crippen LogP contribution in [0.15, 0.2) is 66.0 Å². The van der Waals surface area contributed by atoms with Crippen LogP contribution in [0.25, 0.3) is 10.9 Å². The third-order valence-corrected chi connectivity index (χ3v) is 5.83. The fourth-order valence-electron chi connectivity index (χ4n) is 4.51. The minimum Gasteiger partial charge on any atom is -0.494 e. The van der Waals surface area contributed by atoms with E-state index in [4.69, 9.17) is 12.6 Å². The molecule has 0 fully saturated rings. The van der Waals surface area contributed by atoms with Gasteiger partial charge in [0.2, 0.25) is 0 Å². The Morgan fingerprint density at radius 2 is 2.00 bits per heavy atom. The molecule has 140 valence electrons.